The Morgan fingerprint density at radius 3 is 2.60 bits per heavy atom. The molecule has 112 valence electrons. The summed E-state index contributed by atoms with van der Waals surface area (Å²) in [5.74, 6) is -1.31. The van der Waals surface area contributed by atoms with Gasteiger partial charge in [-0.3, -0.25) is 4.79 Å². The summed E-state index contributed by atoms with van der Waals surface area (Å²) in [5.41, 5.74) is -0.102. The lowest BCUT2D eigenvalue weighted by Crippen LogP contribution is -2.20. The fourth-order valence-electron chi connectivity index (χ4n) is 1.42. The highest BCUT2D eigenvalue weighted by Gasteiger charge is 2.34. The maximum atomic E-state index is 12.3. The fourth-order valence-corrected chi connectivity index (χ4v) is 2.11. The Kier molecular flexibility index (Phi) is 5.84. The van der Waals surface area contributed by atoms with Crippen molar-refractivity contribution in [2.45, 2.75) is 19.7 Å². The van der Waals surface area contributed by atoms with Crippen molar-refractivity contribution >= 4 is 28.6 Å². The second-order valence-electron chi connectivity index (χ2n) is 3.45. The van der Waals surface area contributed by atoms with Crippen LogP contribution in [0.2, 0.25) is 0 Å². The lowest BCUT2D eigenvalue weighted by atomic mass is 10.2. The summed E-state index contributed by atoms with van der Waals surface area (Å²) in [6.07, 6.45) is -4.17. The second kappa shape index (κ2) is 6.95. The summed E-state index contributed by atoms with van der Waals surface area (Å²) in [6, 6.07) is 0. The molecule has 1 aromatic heterocycles. The molecule has 0 aliphatic heterocycles. The van der Waals surface area contributed by atoms with Crippen LogP contribution in [0, 0.1) is 3.57 Å². The first kappa shape index (κ1) is 16.8. The summed E-state index contributed by atoms with van der Waals surface area (Å²) in [7, 11) is 1.28. The third-order valence-electron chi connectivity index (χ3n) is 2.09. The van der Waals surface area contributed by atoms with Crippen LogP contribution in [0.15, 0.2) is 6.20 Å². The number of hydrogen-bond acceptors (Lipinski definition) is 5. The van der Waals surface area contributed by atoms with Crippen molar-refractivity contribution < 1.29 is 32.2 Å². The van der Waals surface area contributed by atoms with E-state index in [1.807, 2.05) is 22.6 Å². The Morgan fingerprint density at radius 1 is 1.45 bits per heavy atom. The van der Waals surface area contributed by atoms with E-state index in [4.69, 9.17) is 9.47 Å². The first-order valence-corrected chi connectivity index (χ1v) is 6.49. The number of rotatable bonds is 5. The predicted octanol–water partition coefficient (Wildman–Crippen LogP) is 2.70. The molecule has 5 nitrogen and oxygen atoms in total. The van der Waals surface area contributed by atoms with Crippen LogP contribution in [0.5, 0.6) is 11.6 Å². The van der Waals surface area contributed by atoms with E-state index in [1.54, 1.807) is 6.92 Å². The van der Waals surface area contributed by atoms with E-state index >= 15 is 0 Å². The standard InChI is InChI=1S/C11H11F3INO4/c1-3-19-8(17)4-6-9(18-2)7(15)5-16-10(6)20-11(12,13)14/h5H,3-4H2,1-2H3. The third kappa shape index (κ3) is 4.69. The van der Waals surface area contributed by atoms with Crippen LogP contribution in [-0.4, -0.2) is 31.0 Å². The summed E-state index contributed by atoms with van der Waals surface area (Å²) in [6.45, 7) is 1.71. The van der Waals surface area contributed by atoms with Crippen molar-refractivity contribution in [2.75, 3.05) is 13.7 Å². The van der Waals surface area contributed by atoms with Gasteiger partial charge in [0.25, 0.3) is 0 Å². The van der Waals surface area contributed by atoms with Gasteiger partial charge in [-0.25, -0.2) is 4.98 Å². The first-order valence-electron chi connectivity index (χ1n) is 5.41. The highest BCUT2D eigenvalue weighted by Crippen LogP contribution is 2.34. The summed E-state index contributed by atoms with van der Waals surface area (Å²) >= 11 is 1.83. The molecule has 1 aromatic rings. The normalized spacial score (nSPS) is 11.1. The van der Waals surface area contributed by atoms with Crippen LogP contribution >= 0.6 is 22.6 Å². The van der Waals surface area contributed by atoms with Gasteiger partial charge in [-0.05, 0) is 29.5 Å². The number of carbonyl (C=O) groups is 1. The van der Waals surface area contributed by atoms with Gasteiger partial charge < -0.3 is 14.2 Å². The van der Waals surface area contributed by atoms with Crippen molar-refractivity contribution in [2.24, 2.45) is 0 Å². The largest absolute Gasteiger partial charge is 0.574 e. The van der Waals surface area contributed by atoms with Crippen LogP contribution in [-0.2, 0) is 16.0 Å². The van der Waals surface area contributed by atoms with Gasteiger partial charge in [0.15, 0.2) is 0 Å². The van der Waals surface area contributed by atoms with Gasteiger partial charge in [-0.1, -0.05) is 0 Å². The number of hydrogen-bond donors (Lipinski definition) is 0. The van der Waals surface area contributed by atoms with E-state index in [1.165, 1.54) is 7.11 Å². The zero-order valence-corrected chi connectivity index (χ0v) is 12.7. The van der Waals surface area contributed by atoms with E-state index in [0.29, 0.717) is 3.57 Å². The molecule has 0 fully saturated rings. The zero-order valence-electron chi connectivity index (χ0n) is 10.6. The molecule has 0 saturated heterocycles. The first-order chi connectivity index (χ1) is 9.28. The molecule has 0 spiro atoms. The summed E-state index contributed by atoms with van der Waals surface area (Å²) < 4.78 is 50.9. The van der Waals surface area contributed by atoms with Crippen LogP contribution in [0.4, 0.5) is 13.2 Å². The van der Waals surface area contributed by atoms with Gasteiger partial charge in [-0.2, -0.15) is 0 Å². The van der Waals surface area contributed by atoms with Gasteiger partial charge in [-0.15, -0.1) is 13.2 Å². The second-order valence-corrected chi connectivity index (χ2v) is 4.61. The Balaban J connectivity index is 3.19. The molecule has 9 heteroatoms. The van der Waals surface area contributed by atoms with E-state index in [0.717, 1.165) is 6.20 Å². The molecule has 1 rings (SSSR count). The van der Waals surface area contributed by atoms with Crippen LogP contribution < -0.4 is 9.47 Å². The van der Waals surface area contributed by atoms with Gasteiger partial charge in [0.2, 0.25) is 5.88 Å². The Hall–Kier alpha value is -1.26. The molecule has 20 heavy (non-hydrogen) atoms. The maximum Gasteiger partial charge on any atom is 0.574 e. The molecule has 1 heterocycles. The molecular formula is C11H11F3INO4. The number of carbonyl (C=O) groups excluding carboxylic acids is 1. The molecule has 0 bridgehead atoms. The summed E-state index contributed by atoms with van der Waals surface area (Å²) in [4.78, 5) is 15.0. The van der Waals surface area contributed by atoms with Gasteiger partial charge in [0.1, 0.15) is 5.75 Å². The summed E-state index contributed by atoms with van der Waals surface area (Å²) in [5, 5.41) is 0. The minimum Gasteiger partial charge on any atom is -0.495 e. The Labute approximate surface area is 126 Å². The number of nitrogens with zero attached hydrogens (tertiary/aromatic N) is 1. The minimum atomic E-state index is -4.91. The maximum absolute atomic E-state index is 12.3. The number of aromatic nitrogens is 1. The Morgan fingerprint density at radius 2 is 2.10 bits per heavy atom. The molecule has 0 amide bonds. The molecular weight excluding hydrogens is 394 g/mol. The topological polar surface area (TPSA) is 57.7 Å². The highest BCUT2D eigenvalue weighted by molar-refractivity contribution is 14.1. The molecule has 0 saturated carbocycles. The van der Waals surface area contributed by atoms with E-state index in [2.05, 4.69) is 9.72 Å². The number of halogens is 4. The van der Waals surface area contributed by atoms with Crippen molar-refractivity contribution in [3.63, 3.8) is 0 Å². The molecule has 0 radical (unpaired) electrons. The average molecular weight is 405 g/mol. The monoisotopic (exact) mass is 405 g/mol. The predicted molar refractivity (Wildman–Crippen MR) is 70.5 cm³/mol. The molecule has 0 N–H and O–H groups in total. The fraction of sp³-hybridized carbons (Fsp3) is 0.455. The molecule has 0 aliphatic carbocycles. The van der Waals surface area contributed by atoms with Crippen molar-refractivity contribution in [3.05, 3.63) is 15.3 Å². The molecule has 0 unspecified atom stereocenters. The van der Waals surface area contributed by atoms with E-state index in [-0.39, 0.29) is 17.9 Å². The number of ether oxygens (including phenoxy) is 3. The van der Waals surface area contributed by atoms with Crippen LogP contribution in [0.3, 0.4) is 0 Å². The van der Waals surface area contributed by atoms with Crippen LogP contribution in [0.25, 0.3) is 0 Å². The number of methoxy groups -OCH3 is 1. The highest BCUT2D eigenvalue weighted by atomic mass is 127. The van der Waals surface area contributed by atoms with Gasteiger partial charge in [0.05, 0.1) is 29.3 Å². The quantitative estimate of drug-likeness (QED) is 0.557. The molecule has 0 atom stereocenters. The van der Waals surface area contributed by atoms with E-state index < -0.39 is 24.6 Å². The number of pyridine rings is 1. The average Bonchev–Trinajstić information content (AvgIpc) is 2.32. The zero-order chi connectivity index (χ0) is 15.3. The van der Waals surface area contributed by atoms with Gasteiger partial charge in [0, 0.05) is 6.20 Å². The third-order valence-corrected chi connectivity index (χ3v) is 2.86. The van der Waals surface area contributed by atoms with Crippen molar-refractivity contribution in [3.8, 4) is 11.6 Å². The van der Waals surface area contributed by atoms with Gasteiger partial charge >= 0.3 is 12.3 Å². The lowest BCUT2D eigenvalue weighted by Gasteiger charge is -2.15. The Bertz CT molecular complexity index is 493. The van der Waals surface area contributed by atoms with E-state index in [9.17, 15) is 18.0 Å². The molecule has 0 aliphatic rings. The van der Waals surface area contributed by atoms with Crippen molar-refractivity contribution in [1.82, 2.24) is 4.98 Å². The number of esters is 1. The van der Waals surface area contributed by atoms with Crippen LogP contribution in [0.1, 0.15) is 12.5 Å². The molecule has 0 aromatic carbocycles. The van der Waals surface area contributed by atoms with Crippen molar-refractivity contribution in [1.29, 1.82) is 0 Å². The lowest BCUT2D eigenvalue weighted by molar-refractivity contribution is -0.276. The smallest absolute Gasteiger partial charge is 0.495 e. The minimum absolute atomic E-state index is 0.102. The SMILES string of the molecule is CCOC(=O)Cc1c(OC(F)(F)F)ncc(I)c1OC. The number of alkyl halides is 3.